The van der Waals surface area contributed by atoms with E-state index in [1.807, 2.05) is 0 Å². The van der Waals surface area contributed by atoms with Gasteiger partial charge < -0.3 is 59.9 Å². The van der Waals surface area contributed by atoms with Crippen molar-refractivity contribution in [2.45, 2.75) is 19.6 Å². The molecule has 520 valence electrons. The van der Waals surface area contributed by atoms with Crippen molar-refractivity contribution in [1.82, 2.24) is 0 Å². The third-order valence-electron chi connectivity index (χ3n) is 15.6. The summed E-state index contributed by atoms with van der Waals surface area (Å²) in [6.45, 7) is 0. The molecule has 36 heteroatoms. The van der Waals surface area contributed by atoms with Gasteiger partial charge in [-0.05, 0) is 142 Å². The van der Waals surface area contributed by atoms with Gasteiger partial charge in [-0.1, -0.05) is 72.8 Å². The number of methoxy groups -OCH3 is 4. The number of phenolic OH excluding ortho intramolecular Hbond substituents is 4. The number of phenols is 4. The van der Waals surface area contributed by atoms with Crippen LogP contribution in [0.25, 0.3) is 65.3 Å². The molecule has 0 amide bonds. The Morgan fingerprint density at radius 3 is 0.875 bits per heavy atom. The zero-order valence-corrected chi connectivity index (χ0v) is 62.4. The molecule has 0 saturated heterocycles. The summed E-state index contributed by atoms with van der Waals surface area (Å²) in [6, 6.07) is 44.4. The minimum absolute atomic E-state index is 0. The standard InChI is InChI=1S/2C34H27N5O10S2.2Na/c2*1-48-28-14-18(7-11-25(28)36-38-27-17-30(50(42,43)44)23-5-3-4-6-24(23)33(27)40)19-8-12-26(29(15-19)49-2)37-39-32-31(51(45,46)47)16-20-13-21(35)9-10-22(20)34(32)41;;/h2*3-17,40-41H,35H2,1-2H3,(H,42,43,44)(H,45,46,47);;/q;;2*+1/p-2. The van der Waals surface area contributed by atoms with E-state index >= 15 is 0 Å². The maximum atomic E-state index is 12.2. The number of nitrogens with zero attached hydrogens (tertiary/aromatic N) is 8. The van der Waals surface area contributed by atoms with Crippen LogP contribution in [-0.2, 0) is 40.5 Å². The Hall–Kier alpha value is -10.3. The molecule has 0 fully saturated rings. The van der Waals surface area contributed by atoms with Crippen LogP contribution >= 0.6 is 0 Å². The number of rotatable bonds is 18. The normalized spacial score (nSPS) is 12.1. The van der Waals surface area contributed by atoms with Crippen molar-refractivity contribution in [3.63, 3.8) is 0 Å². The second-order valence-corrected chi connectivity index (χ2v) is 27.4. The fraction of sp³-hybridized carbons (Fsp3) is 0.0588. The number of hydrogen-bond acceptors (Lipinski definition) is 28. The second-order valence-electron chi connectivity index (χ2n) is 21.9. The molecule has 0 aromatic heterocycles. The van der Waals surface area contributed by atoms with Crippen molar-refractivity contribution in [3.8, 4) is 68.2 Å². The molecule has 0 saturated carbocycles. The number of hydrogen-bond donors (Lipinski definition) is 8. The molecule has 12 rings (SSSR count). The Kier molecular flexibility index (Phi) is 23.5. The molecule has 0 spiro atoms. The van der Waals surface area contributed by atoms with Crippen LogP contribution in [0.2, 0.25) is 0 Å². The zero-order chi connectivity index (χ0) is 73.3. The second kappa shape index (κ2) is 31.4. The van der Waals surface area contributed by atoms with Crippen molar-refractivity contribution in [1.29, 1.82) is 0 Å². The smallest absolute Gasteiger partial charge is 0.744 e. The number of nitrogens with two attached hydrogens (primary N) is 2. The monoisotopic (exact) mass is 1500 g/mol. The van der Waals surface area contributed by atoms with E-state index < -0.39 is 82.9 Å². The summed E-state index contributed by atoms with van der Waals surface area (Å²) in [5.41, 5.74) is 14.0. The van der Waals surface area contributed by atoms with Crippen molar-refractivity contribution in [3.05, 3.63) is 182 Å². The fourth-order valence-electron chi connectivity index (χ4n) is 10.7. The summed E-state index contributed by atoms with van der Waals surface area (Å²) in [5, 5.41) is 77.0. The third-order valence-corrected chi connectivity index (χ3v) is 19.1. The van der Waals surface area contributed by atoms with Crippen molar-refractivity contribution < 1.29 is 150 Å². The van der Waals surface area contributed by atoms with Gasteiger partial charge in [0, 0.05) is 43.7 Å². The predicted octanol–water partition coefficient (Wildman–Crippen LogP) is 9.31. The van der Waals surface area contributed by atoms with Crippen molar-refractivity contribution in [2.75, 3.05) is 39.9 Å². The van der Waals surface area contributed by atoms with E-state index in [2.05, 4.69) is 40.9 Å². The minimum atomic E-state index is -4.91. The Balaban J connectivity index is 0.000000237. The molecular weight excluding hydrogens is 1450 g/mol. The molecule has 0 unspecified atom stereocenters. The van der Waals surface area contributed by atoms with E-state index in [9.17, 15) is 72.3 Å². The number of anilines is 2. The first-order valence-electron chi connectivity index (χ1n) is 29.3. The van der Waals surface area contributed by atoms with Gasteiger partial charge >= 0.3 is 59.1 Å². The molecule has 0 aliphatic heterocycles. The van der Waals surface area contributed by atoms with E-state index in [1.54, 1.807) is 72.8 Å². The van der Waals surface area contributed by atoms with Gasteiger partial charge in [0.25, 0.3) is 20.2 Å². The van der Waals surface area contributed by atoms with Gasteiger partial charge in [0.2, 0.25) is 0 Å². The van der Waals surface area contributed by atoms with Crippen LogP contribution in [-0.4, -0.2) is 101 Å². The predicted molar refractivity (Wildman–Crippen MR) is 373 cm³/mol. The van der Waals surface area contributed by atoms with Gasteiger partial charge in [0.1, 0.15) is 98.5 Å². The van der Waals surface area contributed by atoms with Gasteiger partial charge in [-0.2, -0.15) is 16.8 Å². The Morgan fingerprint density at radius 1 is 0.317 bits per heavy atom. The van der Waals surface area contributed by atoms with Crippen molar-refractivity contribution >= 4 is 140 Å². The molecule has 0 aliphatic carbocycles. The topological polar surface area (TPSA) is 492 Å². The number of ether oxygens (including phenoxy) is 4. The zero-order valence-electron chi connectivity index (χ0n) is 55.1. The molecule has 10 N–H and O–H groups in total. The quantitative estimate of drug-likeness (QED) is 0.0171. The van der Waals surface area contributed by atoms with Gasteiger partial charge in [-0.3, -0.25) is 9.11 Å². The van der Waals surface area contributed by atoms with Crippen LogP contribution in [0, 0.1) is 0 Å². The van der Waals surface area contributed by atoms with Crippen LogP contribution in [0.15, 0.2) is 242 Å². The van der Waals surface area contributed by atoms with Crippen molar-refractivity contribution in [2.24, 2.45) is 40.9 Å². The van der Waals surface area contributed by atoms with Crippen LogP contribution in [0.1, 0.15) is 0 Å². The number of fused-ring (bicyclic) bond motifs is 4. The molecule has 0 radical (unpaired) electrons. The largest absolute Gasteiger partial charge is 1.00 e. The summed E-state index contributed by atoms with van der Waals surface area (Å²) in [4.78, 5) is -2.45. The first-order chi connectivity index (χ1) is 48.4. The molecule has 104 heavy (non-hydrogen) atoms. The number of aromatic hydroxyl groups is 4. The molecule has 12 aromatic carbocycles. The molecular formula is C68H52N10Na2O20S4. The van der Waals surface area contributed by atoms with Crippen LogP contribution < -0.4 is 89.5 Å². The molecule has 30 nitrogen and oxygen atoms in total. The Bertz CT molecular complexity index is 5710. The van der Waals surface area contributed by atoms with E-state index in [-0.39, 0.29) is 171 Å². The summed E-state index contributed by atoms with van der Waals surface area (Å²) >= 11 is 0. The molecule has 0 heterocycles. The third kappa shape index (κ3) is 16.5. The van der Waals surface area contributed by atoms with Gasteiger partial charge in [-0.25, -0.2) is 16.8 Å². The summed E-state index contributed by atoms with van der Waals surface area (Å²) in [5.74, 6) is -0.850. The summed E-state index contributed by atoms with van der Waals surface area (Å²) < 4.78 is 162. The van der Waals surface area contributed by atoms with Gasteiger partial charge in [0.05, 0.1) is 38.2 Å². The Labute approximate surface area is 635 Å². The maximum absolute atomic E-state index is 12.2. The average Bonchev–Trinajstić information content (AvgIpc) is 0.791. The number of azo groups is 4. The van der Waals surface area contributed by atoms with Gasteiger partial charge in [-0.15, -0.1) is 40.9 Å². The number of benzene rings is 12. The molecule has 0 aliphatic rings. The van der Waals surface area contributed by atoms with E-state index in [4.69, 9.17) is 30.4 Å². The van der Waals surface area contributed by atoms with Gasteiger partial charge in [0.15, 0.2) is 23.0 Å². The van der Waals surface area contributed by atoms with E-state index in [1.165, 1.54) is 113 Å². The maximum Gasteiger partial charge on any atom is 1.00 e. The van der Waals surface area contributed by atoms with Crippen LogP contribution in [0.5, 0.6) is 46.0 Å². The Morgan fingerprint density at radius 2 is 0.596 bits per heavy atom. The molecule has 12 aromatic rings. The molecule has 0 bridgehead atoms. The fourth-order valence-corrected chi connectivity index (χ4v) is 13.4. The van der Waals surface area contributed by atoms with Crippen LogP contribution in [0.3, 0.4) is 0 Å². The SMILES string of the molecule is COc1cc(-c2ccc(N=Nc3c(S(=O)(=O)O)cc4cc(N)ccc4c3O)c(OC)c2)ccc1N=Nc1cc(S(=O)(=O)[O-])c2ccccc2c1O.COc1cc(-c2ccc(N=Nc3c(S(=O)(=O)O)cc4cc(N)ccc4c3O)c(OC)c2)ccc1N=Nc1cc(S(=O)(=O)[O-])c2ccccc2c1O.[Na+].[Na+]. The minimum Gasteiger partial charge on any atom is -0.744 e. The van der Waals surface area contributed by atoms with E-state index in [0.717, 1.165) is 24.3 Å². The first-order valence-corrected chi connectivity index (χ1v) is 34.9. The summed E-state index contributed by atoms with van der Waals surface area (Å²) in [7, 11) is -13.9. The summed E-state index contributed by atoms with van der Waals surface area (Å²) in [6.07, 6.45) is 0. The number of nitrogen functional groups attached to an aromatic ring is 2. The van der Waals surface area contributed by atoms with E-state index in [0.29, 0.717) is 33.6 Å². The first kappa shape index (κ1) is 77.9. The van der Waals surface area contributed by atoms with Crippen LogP contribution in [0.4, 0.5) is 56.9 Å². The molecule has 0 atom stereocenters. The average molecular weight is 1500 g/mol.